The number of ether oxygens (including phenoxy) is 3. The van der Waals surface area contributed by atoms with Crippen LogP contribution in [0, 0.1) is 24.6 Å². The smallest absolute Gasteiger partial charge is 0.407 e. The number of nitrogens with two attached hydrogens (primary N) is 1. The fraction of sp³-hybridized carbons (Fsp3) is 0.275. The van der Waals surface area contributed by atoms with E-state index >= 15 is 0 Å². The molecule has 1 aliphatic heterocycles. The Morgan fingerprint density at radius 3 is 2.55 bits per heavy atom. The number of ketones is 1. The van der Waals surface area contributed by atoms with Crippen molar-refractivity contribution in [2.24, 2.45) is 11.8 Å². The van der Waals surface area contributed by atoms with E-state index in [-0.39, 0.29) is 53.1 Å². The van der Waals surface area contributed by atoms with Crippen molar-refractivity contribution in [3.8, 4) is 22.9 Å². The molecule has 3 atom stereocenters. The van der Waals surface area contributed by atoms with E-state index in [0.717, 1.165) is 18.4 Å². The van der Waals surface area contributed by atoms with Crippen molar-refractivity contribution in [1.82, 2.24) is 20.1 Å². The number of furan rings is 1. The van der Waals surface area contributed by atoms with Gasteiger partial charge in [0.05, 0.1) is 35.1 Å². The van der Waals surface area contributed by atoms with Crippen molar-refractivity contribution >= 4 is 34.3 Å². The Morgan fingerprint density at radius 2 is 1.82 bits per heavy atom. The molecular weight excluding hydrogens is 717 g/mol. The zero-order valence-corrected chi connectivity index (χ0v) is 29.6. The van der Waals surface area contributed by atoms with E-state index in [2.05, 4.69) is 20.3 Å². The minimum absolute atomic E-state index is 0.0458. The molecule has 1 amide bonds. The van der Waals surface area contributed by atoms with Gasteiger partial charge in [-0.3, -0.25) is 4.79 Å². The number of benzene rings is 3. The number of anilines is 2. The number of nitrogen functional groups attached to an aromatic ring is 1. The number of alkyl carbamates (subject to hydrolysis) is 1. The summed E-state index contributed by atoms with van der Waals surface area (Å²) in [6, 6.07) is 19.7. The summed E-state index contributed by atoms with van der Waals surface area (Å²) in [6.07, 6.45) is 1.21. The Bertz CT molecular complexity index is 2340. The molecule has 0 bridgehead atoms. The van der Waals surface area contributed by atoms with E-state index in [1.165, 1.54) is 29.3 Å². The number of aromatic amines is 1. The molecule has 2 fully saturated rings. The van der Waals surface area contributed by atoms with Crippen LogP contribution in [0.15, 0.2) is 89.7 Å². The molecule has 4 N–H and O–H groups in total. The molecule has 0 radical (unpaired) electrons. The summed E-state index contributed by atoms with van der Waals surface area (Å²) in [5, 5.41) is 7.94. The van der Waals surface area contributed by atoms with Crippen molar-refractivity contribution in [1.29, 1.82) is 0 Å². The lowest BCUT2D eigenvalue weighted by Gasteiger charge is -2.24. The van der Waals surface area contributed by atoms with Crippen LogP contribution in [-0.2, 0) is 11.3 Å². The minimum Gasteiger partial charge on any atom is -0.485 e. The van der Waals surface area contributed by atoms with E-state index in [1.807, 2.05) is 13.0 Å². The summed E-state index contributed by atoms with van der Waals surface area (Å²) >= 11 is 0. The topological polar surface area (TPSA) is 150 Å². The van der Waals surface area contributed by atoms with Gasteiger partial charge in [-0.25, -0.2) is 22.6 Å². The van der Waals surface area contributed by atoms with Crippen LogP contribution in [0.5, 0.6) is 17.2 Å². The first kappa shape index (κ1) is 35.6. The molecule has 2 aliphatic rings. The van der Waals surface area contributed by atoms with Crippen molar-refractivity contribution in [2.75, 3.05) is 30.3 Å². The molecule has 3 aromatic heterocycles. The number of para-hydroxylation sites is 1. The van der Waals surface area contributed by atoms with Gasteiger partial charge in [-0.1, -0.05) is 12.1 Å². The lowest BCUT2D eigenvalue weighted by Crippen LogP contribution is -2.35. The van der Waals surface area contributed by atoms with Crippen LogP contribution in [0.3, 0.4) is 0 Å². The highest BCUT2D eigenvalue weighted by molar-refractivity contribution is 6.12. The van der Waals surface area contributed by atoms with Crippen LogP contribution in [0.2, 0.25) is 0 Å². The lowest BCUT2D eigenvalue weighted by atomic mass is 10.0. The van der Waals surface area contributed by atoms with Crippen LogP contribution in [0.4, 0.5) is 29.5 Å². The van der Waals surface area contributed by atoms with Crippen LogP contribution >= 0.6 is 0 Å². The first-order chi connectivity index (χ1) is 26.6. The number of aromatic nitrogens is 3. The van der Waals surface area contributed by atoms with Gasteiger partial charge in [0.25, 0.3) is 6.43 Å². The van der Waals surface area contributed by atoms with Crippen LogP contribution < -0.4 is 25.4 Å². The van der Waals surface area contributed by atoms with Crippen LogP contribution in [-0.4, -0.2) is 58.8 Å². The second kappa shape index (κ2) is 14.8. The molecule has 284 valence electrons. The number of halogens is 3. The summed E-state index contributed by atoms with van der Waals surface area (Å²) in [6.45, 7) is 2.35. The normalized spacial score (nSPS) is 17.8. The van der Waals surface area contributed by atoms with Gasteiger partial charge in [-0.15, -0.1) is 0 Å². The Balaban J connectivity index is 0.976. The highest BCUT2D eigenvalue weighted by Crippen LogP contribution is 2.44. The molecular formula is C40H37F3N6O6. The highest BCUT2D eigenvalue weighted by atomic mass is 19.3. The third kappa shape index (κ3) is 7.41. The molecule has 1 saturated carbocycles. The van der Waals surface area contributed by atoms with E-state index in [4.69, 9.17) is 24.4 Å². The quantitative estimate of drug-likeness (QED) is 0.107. The van der Waals surface area contributed by atoms with Crippen molar-refractivity contribution < 1.29 is 41.4 Å². The molecule has 55 heavy (non-hydrogen) atoms. The Hall–Kier alpha value is -6.38. The van der Waals surface area contributed by atoms with Gasteiger partial charge in [0.15, 0.2) is 18.2 Å². The summed E-state index contributed by atoms with van der Waals surface area (Å²) in [5.41, 5.74) is 9.45. The van der Waals surface area contributed by atoms with E-state index in [0.29, 0.717) is 46.9 Å². The number of hydrogen-bond donors (Lipinski definition) is 3. The molecule has 8 rings (SSSR count). The number of hydrogen-bond acceptors (Lipinski definition) is 9. The Labute approximate surface area is 312 Å². The molecule has 1 unspecified atom stereocenters. The van der Waals surface area contributed by atoms with Crippen LogP contribution in [0.1, 0.15) is 40.2 Å². The average Bonchev–Trinajstić information content (AvgIpc) is 4.00. The fourth-order valence-electron chi connectivity index (χ4n) is 7.59. The van der Waals surface area contributed by atoms with Gasteiger partial charge < -0.3 is 39.6 Å². The summed E-state index contributed by atoms with van der Waals surface area (Å²) in [5.74, 6) is 1.07. The number of carbonyl (C=O) groups excluding carboxylic acids is 2. The number of alkyl halides is 2. The Kier molecular flexibility index (Phi) is 9.59. The van der Waals surface area contributed by atoms with Gasteiger partial charge in [0, 0.05) is 30.0 Å². The number of aryl methyl sites for hydroxylation is 1. The Morgan fingerprint density at radius 1 is 1.02 bits per heavy atom. The van der Waals surface area contributed by atoms with Crippen LogP contribution in [0.25, 0.3) is 16.6 Å². The van der Waals surface area contributed by atoms with Gasteiger partial charge in [0.1, 0.15) is 29.7 Å². The first-order valence-corrected chi connectivity index (χ1v) is 17.8. The zero-order chi connectivity index (χ0) is 38.2. The number of nitrogens with one attached hydrogen (secondary N) is 2. The molecule has 0 spiro atoms. The maximum atomic E-state index is 14.1. The van der Waals surface area contributed by atoms with E-state index in [9.17, 15) is 22.8 Å². The summed E-state index contributed by atoms with van der Waals surface area (Å²) in [4.78, 5) is 31.5. The van der Waals surface area contributed by atoms with Gasteiger partial charge >= 0.3 is 6.09 Å². The predicted molar refractivity (Wildman–Crippen MR) is 197 cm³/mol. The molecule has 1 saturated heterocycles. The number of fused-ring (bicyclic) bond motifs is 2. The summed E-state index contributed by atoms with van der Waals surface area (Å²) < 4.78 is 64.1. The molecule has 3 aromatic carbocycles. The summed E-state index contributed by atoms with van der Waals surface area (Å²) in [7, 11) is 0. The third-order valence-corrected chi connectivity index (χ3v) is 10.2. The fourth-order valence-corrected chi connectivity index (χ4v) is 7.59. The largest absolute Gasteiger partial charge is 0.485 e. The minimum atomic E-state index is -2.68. The van der Waals surface area contributed by atoms with Gasteiger partial charge in [-0.05, 0) is 97.8 Å². The molecule has 6 aromatic rings. The lowest BCUT2D eigenvalue weighted by molar-refractivity contribution is 0.0821. The van der Waals surface area contributed by atoms with Crippen molar-refractivity contribution in [3.63, 3.8) is 0 Å². The highest BCUT2D eigenvalue weighted by Gasteiger charge is 2.42. The standard InChI is InChI=1S/C40H37F3N6O6/c1-22-11-27(55-35-7-3-2-6-30(35)41)8-9-33(22)49-39(44)29(17-45-49)38(50)32-14-23-15-36(53-21-37(42)43)34(16-31(23)47-32)48-18-24-12-26(13-25(24)19-48)46-40(51)54-20-28-5-4-10-52-28/h2-11,14-17,24-26,37,47H,12-13,18-21,44H2,1H3,(H,46,51)/t24-,25?,26-/m0/s1. The van der Waals surface area contributed by atoms with Gasteiger partial charge in [0.2, 0.25) is 5.78 Å². The SMILES string of the molecule is Cc1cc(Oc2ccccc2F)ccc1-n1ncc(C(=O)c2cc3cc(OCC(F)F)c(N4CC5C[C@@H](NC(=O)OCc6ccco6)C[C@H]5C4)cc3[nH]2)c1N. The first-order valence-electron chi connectivity index (χ1n) is 17.8. The monoisotopic (exact) mass is 754 g/mol. The molecule has 4 heterocycles. The maximum Gasteiger partial charge on any atom is 0.407 e. The average molecular weight is 755 g/mol. The number of rotatable bonds is 12. The number of nitrogens with zero attached hydrogens (tertiary/aromatic N) is 3. The molecule has 15 heteroatoms. The van der Waals surface area contributed by atoms with Crippen molar-refractivity contribution in [2.45, 2.75) is 38.8 Å². The third-order valence-electron chi connectivity index (χ3n) is 10.2. The number of amides is 1. The number of carbonyl (C=O) groups is 2. The second-order valence-electron chi connectivity index (χ2n) is 13.9. The molecule has 12 nitrogen and oxygen atoms in total. The second-order valence-corrected chi connectivity index (χ2v) is 13.9. The molecule has 1 aliphatic carbocycles. The van der Waals surface area contributed by atoms with Crippen molar-refractivity contribution in [3.05, 3.63) is 114 Å². The zero-order valence-electron chi connectivity index (χ0n) is 29.6. The number of H-pyrrole nitrogens is 1. The predicted octanol–water partition coefficient (Wildman–Crippen LogP) is 7.78. The maximum absolute atomic E-state index is 14.1. The van der Waals surface area contributed by atoms with E-state index in [1.54, 1.807) is 54.6 Å². The van der Waals surface area contributed by atoms with E-state index < -0.39 is 30.7 Å². The van der Waals surface area contributed by atoms with Gasteiger partial charge in [-0.2, -0.15) is 5.10 Å².